The minimum atomic E-state index is -0.275. The van der Waals surface area contributed by atoms with Crippen LogP contribution in [0.4, 0.5) is 4.39 Å². The summed E-state index contributed by atoms with van der Waals surface area (Å²) >= 11 is 0. The van der Waals surface area contributed by atoms with Crippen molar-refractivity contribution in [2.75, 3.05) is 0 Å². The van der Waals surface area contributed by atoms with Crippen LogP contribution in [0.3, 0.4) is 0 Å². The number of nitrogens with zero attached hydrogens (tertiary/aromatic N) is 2. The maximum Gasteiger partial charge on any atom is 0.132 e. The van der Waals surface area contributed by atoms with Gasteiger partial charge in [-0.15, -0.1) is 0 Å². The summed E-state index contributed by atoms with van der Waals surface area (Å²) in [5.74, 6) is -0.275. The van der Waals surface area contributed by atoms with Crippen molar-refractivity contribution in [2.45, 2.75) is 6.92 Å². The molecule has 1 heterocycles. The number of fused-ring (bicyclic) bond motifs is 1. The first-order valence-corrected chi connectivity index (χ1v) is 4.30. The first-order chi connectivity index (χ1) is 6.65. The third-order valence-corrected chi connectivity index (χ3v) is 2.50. The standard InChI is InChI=1S/C11H9FN2/c1-7-5-9-10(12)4-3-8(6-13)11(9)14(7)2/h3-5H,1-2H3. The predicted molar refractivity (Wildman–Crippen MR) is 52.3 cm³/mol. The molecule has 1 aromatic heterocycles. The van der Waals surface area contributed by atoms with Gasteiger partial charge in [0.25, 0.3) is 0 Å². The molecule has 0 fully saturated rings. The van der Waals surface area contributed by atoms with Gasteiger partial charge in [-0.05, 0) is 25.1 Å². The Morgan fingerprint density at radius 3 is 2.79 bits per heavy atom. The van der Waals surface area contributed by atoms with Crippen molar-refractivity contribution in [3.8, 4) is 6.07 Å². The number of nitriles is 1. The van der Waals surface area contributed by atoms with Crippen LogP contribution in [-0.2, 0) is 7.05 Å². The summed E-state index contributed by atoms with van der Waals surface area (Å²) in [4.78, 5) is 0. The molecular formula is C11H9FN2. The van der Waals surface area contributed by atoms with Crippen LogP contribution in [-0.4, -0.2) is 4.57 Å². The smallest absolute Gasteiger partial charge is 0.132 e. The van der Waals surface area contributed by atoms with E-state index in [2.05, 4.69) is 6.07 Å². The van der Waals surface area contributed by atoms with Gasteiger partial charge < -0.3 is 4.57 Å². The lowest BCUT2D eigenvalue weighted by Gasteiger charge is -2.00. The van der Waals surface area contributed by atoms with Gasteiger partial charge in [-0.2, -0.15) is 5.26 Å². The second-order valence-corrected chi connectivity index (χ2v) is 3.31. The Kier molecular flexibility index (Phi) is 1.78. The number of hydrogen-bond donors (Lipinski definition) is 0. The minimum Gasteiger partial charge on any atom is -0.347 e. The monoisotopic (exact) mass is 188 g/mol. The fourth-order valence-electron chi connectivity index (χ4n) is 1.65. The first kappa shape index (κ1) is 8.76. The Morgan fingerprint density at radius 1 is 1.43 bits per heavy atom. The van der Waals surface area contributed by atoms with Crippen LogP contribution in [0.5, 0.6) is 0 Å². The molecule has 14 heavy (non-hydrogen) atoms. The van der Waals surface area contributed by atoms with E-state index in [-0.39, 0.29) is 5.82 Å². The largest absolute Gasteiger partial charge is 0.347 e. The Morgan fingerprint density at radius 2 is 2.14 bits per heavy atom. The molecule has 0 aliphatic carbocycles. The van der Waals surface area contributed by atoms with Crippen LogP contribution >= 0.6 is 0 Å². The summed E-state index contributed by atoms with van der Waals surface area (Å²) in [5, 5.41) is 9.39. The van der Waals surface area contributed by atoms with E-state index in [9.17, 15) is 4.39 Å². The Hall–Kier alpha value is -1.82. The van der Waals surface area contributed by atoms with Gasteiger partial charge in [0.05, 0.1) is 11.1 Å². The van der Waals surface area contributed by atoms with Crippen LogP contribution in [0.1, 0.15) is 11.3 Å². The summed E-state index contributed by atoms with van der Waals surface area (Å²) in [5.41, 5.74) is 2.13. The molecule has 0 spiro atoms. The number of rotatable bonds is 0. The molecule has 0 amide bonds. The summed E-state index contributed by atoms with van der Waals surface area (Å²) in [6.45, 7) is 1.89. The summed E-state index contributed by atoms with van der Waals surface area (Å²) in [6.07, 6.45) is 0. The van der Waals surface area contributed by atoms with Crippen molar-refractivity contribution >= 4 is 10.9 Å². The van der Waals surface area contributed by atoms with E-state index in [0.717, 1.165) is 5.69 Å². The summed E-state index contributed by atoms with van der Waals surface area (Å²) in [7, 11) is 1.83. The van der Waals surface area contributed by atoms with E-state index in [1.165, 1.54) is 12.1 Å². The SMILES string of the molecule is Cc1cc2c(F)ccc(C#N)c2n1C. The fourth-order valence-corrected chi connectivity index (χ4v) is 1.65. The lowest BCUT2D eigenvalue weighted by molar-refractivity contribution is 0.639. The molecule has 2 rings (SSSR count). The minimum absolute atomic E-state index is 0.275. The lowest BCUT2D eigenvalue weighted by atomic mass is 10.1. The lowest BCUT2D eigenvalue weighted by Crippen LogP contribution is -1.92. The number of aryl methyl sites for hydroxylation is 2. The molecule has 2 nitrogen and oxygen atoms in total. The Balaban J connectivity index is 3.02. The number of halogens is 1. The topological polar surface area (TPSA) is 28.7 Å². The van der Waals surface area contributed by atoms with Gasteiger partial charge in [0.1, 0.15) is 11.9 Å². The third-order valence-electron chi connectivity index (χ3n) is 2.50. The van der Waals surface area contributed by atoms with Crippen molar-refractivity contribution in [1.82, 2.24) is 4.57 Å². The molecule has 0 unspecified atom stereocenters. The second kappa shape index (κ2) is 2.85. The zero-order valence-electron chi connectivity index (χ0n) is 8.00. The van der Waals surface area contributed by atoms with Crippen LogP contribution in [0.25, 0.3) is 10.9 Å². The van der Waals surface area contributed by atoms with Gasteiger partial charge in [-0.25, -0.2) is 4.39 Å². The number of hydrogen-bond acceptors (Lipinski definition) is 1. The highest BCUT2D eigenvalue weighted by molar-refractivity contribution is 5.87. The van der Waals surface area contributed by atoms with Crippen molar-refractivity contribution < 1.29 is 4.39 Å². The molecule has 0 N–H and O–H groups in total. The van der Waals surface area contributed by atoms with Gasteiger partial charge in [0, 0.05) is 18.1 Å². The van der Waals surface area contributed by atoms with Crippen molar-refractivity contribution in [2.24, 2.45) is 7.05 Å². The molecule has 0 aliphatic rings. The van der Waals surface area contributed by atoms with E-state index < -0.39 is 0 Å². The molecule has 0 saturated carbocycles. The number of aromatic nitrogens is 1. The van der Waals surface area contributed by atoms with E-state index in [4.69, 9.17) is 5.26 Å². The molecule has 3 heteroatoms. The van der Waals surface area contributed by atoms with Crippen LogP contribution in [0.15, 0.2) is 18.2 Å². The molecular weight excluding hydrogens is 179 g/mol. The number of benzene rings is 1. The quantitative estimate of drug-likeness (QED) is 0.624. The maximum atomic E-state index is 13.4. The highest BCUT2D eigenvalue weighted by atomic mass is 19.1. The molecule has 0 aliphatic heterocycles. The Bertz CT molecular complexity index is 546. The van der Waals surface area contributed by atoms with Gasteiger partial charge in [-0.3, -0.25) is 0 Å². The Labute approximate surface area is 81.2 Å². The molecule has 1 aromatic carbocycles. The highest BCUT2D eigenvalue weighted by Gasteiger charge is 2.10. The average Bonchev–Trinajstić information content (AvgIpc) is 2.47. The van der Waals surface area contributed by atoms with Crippen LogP contribution < -0.4 is 0 Å². The molecule has 0 saturated heterocycles. The summed E-state index contributed by atoms with van der Waals surface area (Å²) < 4.78 is 15.2. The van der Waals surface area contributed by atoms with Crippen molar-refractivity contribution in [3.63, 3.8) is 0 Å². The molecule has 2 aromatic rings. The van der Waals surface area contributed by atoms with Gasteiger partial charge in [-0.1, -0.05) is 0 Å². The molecule has 0 atom stereocenters. The van der Waals surface area contributed by atoms with E-state index in [1.807, 2.05) is 18.5 Å². The average molecular weight is 188 g/mol. The van der Waals surface area contributed by atoms with Crippen molar-refractivity contribution in [3.05, 3.63) is 35.3 Å². The zero-order valence-corrected chi connectivity index (χ0v) is 8.00. The van der Waals surface area contributed by atoms with E-state index in [1.54, 1.807) is 6.07 Å². The fraction of sp³-hybridized carbons (Fsp3) is 0.182. The first-order valence-electron chi connectivity index (χ1n) is 4.30. The molecule has 0 bridgehead atoms. The third kappa shape index (κ3) is 1.01. The maximum absolute atomic E-state index is 13.4. The van der Waals surface area contributed by atoms with Crippen LogP contribution in [0, 0.1) is 24.1 Å². The van der Waals surface area contributed by atoms with Gasteiger partial charge in [0.15, 0.2) is 0 Å². The highest BCUT2D eigenvalue weighted by Crippen LogP contribution is 2.24. The van der Waals surface area contributed by atoms with Crippen molar-refractivity contribution in [1.29, 1.82) is 5.26 Å². The predicted octanol–water partition coefficient (Wildman–Crippen LogP) is 2.50. The van der Waals surface area contributed by atoms with E-state index >= 15 is 0 Å². The summed E-state index contributed by atoms with van der Waals surface area (Å²) in [6, 6.07) is 6.66. The normalized spacial score (nSPS) is 10.4. The van der Waals surface area contributed by atoms with E-state index in [0.29, 0.717) is 16.5 Å². The zero-order chi connectivity index (χ0) is 10.3. The van der Waals surface area contributed by atoms with Gasteiger partial charge in [0.2, 0.25) is 0 Å². The van der Waals surface area contributed by atoms with Crippen LogP contribution in [0.2, 0.25) is 0 Å². The second-order valence-electron chi connectivity index (χ2n) is 3.31. The molecule has 70 valence electrons. The van der Waals surface area contributed by atoms with Gasteiger partial charge >= 0.3 is 0 Å². The molecule has 0 radical (unpaired) electrons.